The van der Waals surface area contributed by atoms with E-state index in [1.807, 2.05) is 29.2 Å². The number of nitrogens with two attached hydrogens (primary N) is 1. The number of halogens is 2. The van der Waals surface area contributed by atoms with Crippen LogP contribution < -0.4 is 11.1 Å². The molecule has 1 aromatic carbocycles. The first kappa shape index (κ1) is 24.7. The molecule has 0 aromatic heterocycles. The summed E-state index contributed by atoms with van der Waals surface area (Å²) in [6, 6.07) is 7.45. The first-order valence-electron chi connectivity index (χ1n) is 9.27. The maximum atomic E-state index is 12.4. The van der Waals surface area contributed by atoms with Gasteiger partial charge in [-0.1, -0.05) is 12.1 Å². The molecule has 0 saturated carbocycles. The Morgan fingerprint density at radius 3 is 2.32 bits per heavy atom. The molecule has 0 aliphatic carbocycles. The van der Waals surface area contributed by atoms with Gasteiger partial charge in [0.2, 0.25) is 5.91 Å². The molecule has 0 spiro atoms. The summed E-state index contributed by atoms with van der Waals surface area (Å²) in [5.74, 6) is 0.0179. The van der Waals surface area contributed by atoms with E-state index in [9.17, 15) is 9.59 Å². The lowest BCUT2D eigenvalue weighted by molar-refractivity contribution is -0.132. The number of rotatable bonds is 5. The SMILES string of the molecule is CN1CCN(C(=O)Cc2ccc(NC(=O)[C@@H]3CC[C@H](CN)O3)cc2)CC1.Cl.Cl. The van der Waals surface area contributed by atoms with E-state index in [0.29, 0.717) is 25.1 Å². The molecular formula is C19H30Cl2N4O3. The minimum atomic E-state index is -0.429. The monoisotopic (exact) mass is 432 g/mol. The molecule has 2 amide bonds. The number of benzene rings is 1. The highest BCUT2D eigenvalue weighted by Crippen LogP contribution is 2.20. The molecule has 28 heavy (non-hydrogen) atoms. The number of likely N-dealkylation sites (N-methyl/N-ethyl adjacent to an activating group) is 1. The zero-order valence-electron chi connectivity index (χ0n) is 16.1. The number of nitrogens with zero attached hydrogens (tertiary/aromatic N) is 2. The second-order valence-corrected chi connectivity index (χ2v) is 7.11. The van der Waals surface area contributed by atoms with E-state index in [0.717, 1.165) is 38.2 Å². The maximum absolute atomic E-state index is 12.4. The van der Waals surface area contributed by atoms with Crippen LogP contribution in [0.25, 0.3) is 0 Å². The van der Waals surface area contributed by atoms with Crippen molar-refractivity contribution in [2.75, 3.05) is 45.1 Å². The van der Waals surface area contributed by atoms with E-state index in [4.69, 9.17) is 10.5 Å². The zero-order valence-corrected chi connectivity index (χ0v) is 17.8. The zero-order chi connectivity index (χ0) is 18.5. The Kier molecular flexibility index (Phi) is 10.2. The Labute approximate surface area is 178 Å². The predicted octanol–water partition coefficient (Wildman–Crippen LogP) is 1.29. The third-order valence-electron chi connectivity index (χ3n) is 5.10. The van der Waals surface area contributed by atoms with Crippen LogP contribution in [0.2, 0.25) is 0 Å². The lowest BCUT2D eigenvalue weighted by Crippen LogP contribution is -2.47. The molecule has 158 valence electrons. The molecule has 7 nitrogen and oxygen atoms in total. The Morgan fingerprint density at radius 2 is 1.75 bits per heavy atom. The van der Waals surface area contributed by atoms with Gasteiger partial charge in [0.25, 0.3) is 5.91 Å². The second kappa shape index (κ2) is 11.6. The van der Waals surface area contributed by atoms with Gasteiger partial charge in [0.05, 0.1) is 12.5 Å². The fourth-order valence-electron chi connectivity index (χ4n) is 3.34. The highest BCUT2D eigenvalue weighted by molar-refractivity contribution is 5.94. The molecule has 9 heteroatoms. The number of anilines is 1. The van der Waals surface area contributed by atoms with Crippen molar-refractivity contribution in [1.82, 2.24) is 9.80 Å². The fourth-order valence-corrected chi connectivity index (χ4v) is 3.34. The van der Waals surface area contributed by atoms with Gasteiger partial charge in [0, 0.05) is 38.4 Å². The van der Waals surface area contributed by atoms with Gasteiger partial charge in [-0.25, -0.2) is 0 Å². The average molecular weight is 433 g/mol. The third-order valence-corrected chi connectivity index (χ3v) is 5.10. The minimum Gasteiger partial charge on any atom is -0.364 e. The van der Waals surface area contributed by atoms with Crippen LogP contribution >= 0.6 is 24.8 Å². The number of nitrogens with one attached hydrogen (secondary N) is 1. The van der Waals surface area contributed by atoms with Crippen LogP contribution in [0.1, 0.15) is 18.4 Å². The second-order valence-electron chi connectivity index (χ2n) is 7.11. The molecule has 0 radical (unpaired) electrons. The molecule has 1 aromatic rings. The van der Waals surface area contributed by atoms with Crippen LogP contribution in [0.3, 0.4) is 0 Å². The summed E-state index contributed by atoms with van der Waals surface area (Å²) in [6.07, 6.45) is 1.46. The number of amides is 2. The summed E-state index contributed by atoms with van der Waals surface area (Å²) in [7, 11) is 2.07. The van der Waals surface area contributed by atoms with Gasteiger partial charge >= 0.3 is 0 Å². The number of ether oxygens (including phenoxy) is 1. The molecule has 2 saturated heterocycles. The van der Waals surface area contributed by atoms with Gasteiger partial charge in [0.1, 0.15) is 6.10 Å². The van der Waals surface area contributed by atoms with E-state index in [-0.39, 0.29) is 42.7 Å². The fraction of sp³-hybridized carbons (Fsp3) is 0.579. The van der Waals surface area contributed by atoms with E-state index in [1.165, 1.54) is 0 Å². The van der Waals surface area contributed by atoms with Gasteiger partial charge in [-0.15, -0.1) is 24.8 Å². The van der Waals surface area contributed by atoms with E-state index >= 15 is 0 Å². The van der Waals surface area contributed by atoms with Crippen molar-refractivity contribution in [3.05, 3.63) is 29.8 Å². The van der Waals surface area contributed by atoms with Gasteiger partial charge in [0.15, 0.2) is 0 Å². The standard InChI is InChI=1S/C19H28N4O3.2ClH/c1-22-8-10-23(11-9-22)18(24)12-14-2-4-15(5-3-14)21-19(25)17-7-6-16(13-20)26-17;;/h2-5,16-17H,6-13,20H2,1H3,(H,21,25);2*1H/t16-,17+;;/m1../s1. The predicted molar refractivity (Wildman–Crippen MR) is 114 cm³/mol. The number of hydrogen-bond donors (Lipinski definition) is 2. The van der Waals surface area contributed by atoms with Crippen LogP contribution in [0.5, 0.6) is 0 Å². The molecule has 2 atom stereocenters. The smallest absolute Gasteiger partial charge is 0.253 e. The quantitative estimate of drug-likeness (QED) is 0.731. The summed E-state index contributed by atoms with van der Waals surface area (Å²) in [5, 5.41) is 2.87. The minimum absolute atomic E-state index is 0. The molecule has 0 bridgehead atoms. The van der Waals surface area contributed by atoms with Crippen LogP contribution in [-0.4, -0.2) is 73.6 Å². The van der Waals surface area contributed by atoms with Crippen molar-refractivity contribution >= 4 is 42.3 Å². The van der Waals surface area contributed by atoms with Crippen molar-refractivity contribution in [3.63, 3.8) is 0 Å². The molecule has 2 aliphatic rings. The topological polar surface area (TPSA) is 87.9 Å². The van der Waals surface area contributed by atoms with Gasteiger partial charge in [-0.3, -0.25) is 9.59 Å². The molecule has 2 aliphatic heterocycles. The Hall–Kier alpha value is -1.38. The van der Waals surface area contributed by atoms with E-state index in [1.54, 1.807) is 0 Å². The van der Waals surface area contributed by atoms with Crippen LogP contribution in [0.4, 0.5) is 5.69 Å². The van der Waals surface area contributed by atoms with Crippen LogP contribution in [0.15, 0.2) is 24.3 Å². The third kappa shape index (κ3) is 6.60. The highest BCUT2D eigenvalue weighted by Gasteiger charge is 2.29. The maximum Gasteiger partial charge on any atom is 0.253 e. The normalized spacial score (nSPS) is 22.1. The first-order valence-corrected chi connectivity index (χ1v) is 9.27. The molecule has 2 heterocycles. The molecule has 2 fully saturated rings. The van der Waals surface area contributed by atoms with Crippen LogP contribution in [0, 0.1) is 0 Å². The van der Waals surface area contributed by atoms with Crippen molar-refractivity contribution in [2.24, 2.45) is 5.73 Å². The van der Waals surface area contributed by atoms with E-state index < -0.39 is 6.10 Å². The number of carbonyl (C=O) groups is 2. The largest absolute Gasteiger partial charge is 0.364 e. The van der Waals surface area contributed by atoms with Crippen LogP contribution in [-0.2, 0) is 20.7 Å². The summed E-state index contributed by atoms with van der Waals surface area (Å²) in [6.45, 7) is 3.86. The summed E-state index contributed by atoms with van der Waals surface area (Å²) in [4.78, 5) is 28.8. The van der Waals surface area contributed by atoms with Crippen molar-refractivity contribution in [3.8, 4) is 0 Å². The summed E-state index contributed by atoms with van der Waals surface area (Å²) < 4.78 is 5.61. The molecule has 0 unspecified atom stereocenters. The molecule has 3 rings (SSSR count). The van der Waals surface area contributed by atoms with Crippen molar-refractivity contribution in [1.29, 1.82) is 0 Å². The number of carbonyl (C=O) groups excluding carboxylic acids is 2. The lowest BCUT2D eigenvalue weighted by atomic mass is 10.1. The Bertz CT molecular complexity index is 602. The number of hydrogen-bond acceptors (Lipinski definition) is 5. The Balaban J connectivity index is 0.00000196. The van der Waals surface area contributed by atoms with E-state index in [2.05, 4.69) is 17.3 Å². The number of piperazine rings is 1. The average Bonchev–Trinajstić information content (AvgIpc) is 3.13. The van der Waals surface area contributed by atoms with Gasteiger partial charge < -0.3 is 25.6 Å². The Morgan fingerprint density at radius 1 is 1.11 bits per heavy atom. The highest BCUT2D eigenvalue weighted by atomic mass is 35.5. The summed E-state index contributed by atoms with van der Waals surface area (Å²) in [5.41, 5.74) is 7.24. The lowest BCUT2D eigenvalue weighted by Gasteiger charge is -2.32. The van der Waals surface area contributed by atoms with Gasteiger partial charge in [-0.05, 0) is 37.6 Å². The van der Waals surface area contributed by atoms with Crippen molar-refractivity contribution < 1.29 is 14.3 Å². The molecule has 3 N–H and O–H groups in total. The first-order chi connectivity index (χ1) is 12.5. The van der Waals surface area contributed by atoms with Crippen molar-refractivity contribution in [2.45, 2.75) is 31.5 Å². The molecular weight excluding hydrogens is 403 g/mol. The van der Waals surface area contributed by atoms with Gasteiger partial charge in [-0.2, -0.15) is 0 Å². The summed E-state index contributed by atoms with van der Waals surface area (Å²) >= 11 is 0.